The van der Waals surface area contributed by atoms with Gasteiger partial charge in [-0.15, -0.1) is 11.8 Å². The van der Waals surface area contributed by atoms with Crippen molar-refractivity contribution < 1.29 is 9.90 Å². The summed E-state index contributed by atoms with van der Waals surface area (Å²) in [7, 11) is 0. The van der Waals surface area contributed by atoms with Gasteiger partial charge in [-0.3, -0.25) is 4.79 Å². The van der Waals surface area contributed by atoms with Crippen molar-refractivity contribution in [2.45, 2.75) is 25.5 Å². The molecule has 1 radical (unpaired) electrons. The van der Waals surface area contributed by atoms with E-state index in [0.29, 0.717) is 0 Å². The van der Waals surface area contributed by atoms with E-state index in [1.165, 1.54) is 17.5 Å². The van der Waals surface area contributed by atoms with Crippen molar-refractivity contribution >= 4 is 17.7 Å². The summed E-state index contributed by atoms with van der Waals surface area (Å²) in [5.74, 6) is 0.343. The fraction of sp³-hybridized carbons (Fsp3) is 0.667. The fourth-order valence-corrected chi connectivity index (χ4v) is 0.682. The zero-order valence-electron chi connectivity index (χ0n) is 5.84. The lowest BCUT2D eigenvalue weighted by molar-refractivity contribution is -0.132. The topological polar surface area (TPSA) is 37.3 Å². The van der Waals surface area contributed by atoms with Crippen LogP contribution in [0.15, 0.2) is 0 Å². The van der Waals surface area contributed by atoms with Crippen molar-refractivity contribution in [3.05, 3.63) is 5.75 Å². The molecule has 0 rings (SSSR count). The molecule has 1 N–H and O–H groups in total. The second-order valence-electron chi connectivity index (χ2n) is 2.69. The van der Waals surface area contributed by atoms with Crippen LogP contribution in [0.4, 0.5) is 0 Å². The van der Waals surface area contributed by atoms with E-state index in [0.717, 1.165) is 0 Å². The Hall–Kier alpha value is -0.180. The van der Waals surface area contributed by atoms with Crippen LogP contribution in [-0.2, 0) is 4.79 Å². The number of thioether (sulfide) groups is 1. The van der Waals surface area contributed by atoms with E-state index in [1.807, 2.05) is 20.8 Å². The summed E-state index contributed by atoms with van der Waals surface area (Å²) >= 11 is 1.32. The van der Waals surface area contributed by atoms with Crippen LogP contribution in [0.5, 0.6) is 0 Å². The van der Waals surface area contributed by atoms with Crippen LogP contribution in [0.25, 0.3) is 0 Å². The van der Waals surface area contributed by atoms with Gasteiger partial charge in [0.25, 0.3) is 0 Å². The third-order valence-electron chi connectivity index (χ3n) is 0.513. The number of aliphatic carboxylic acids is 1. The molecule has 0 saturated heterocycles. The van der Waals surface area contributed by atoms with E-state index >= 15 is 0 Å². The molecule has 9 heavy (non-hydrogen) atoms. The lowest BCUT2D eigenvalue weighted by Gasteiger charge is -2.14. The SMILES string of the molecule is CC(C)(C)S[CH]C(=O)O. The molecular formula is C6H11O2S. The molecule has 53 valence electrons. The first kappa shape index (κ1) is 8.82. The number of carboxylic acid groups (broad SMARTS) is 1. The second-order valence-corrected chi connectivity index (χ2v) is 4.38. The highest BCUT2D eigenvalue weighted by atomic mass is 32.2. The summed E-state index contributed by atoms with van der Waals surface area (Å²) in [6.07, 6.45) is 0. The van der Waals surface area contributed by atoms with Crippen LogP contribution in [-0.4, -0.2) is 15.8 Å². The lowest BCUT2D eigenvalue weighted by atomic mass is 10.3. The van der Waals surface area contributed by atoms with Crippen LogP contribution < -0.4 is 0 Å². The van der Waals surface area contributed by atoms with Crippen LogP contribution in [0.2, 0.25) is 0 Å². The van der Waals surface area contributed by atoms with Gasteiger partial charge in [-0.25, -0.2) is 0 Å². The van der Waals surface area contributed by atoms with E-state index < -0.39 is 5.97 Å². The summed E-state index contributed by atoms with van der Waals surface area (Å²) in [5, 5.41) is 8.20. The molecule has 0 spiro atoms. The minimum absolute atomic E-state index is 0.0123. The Kier molecular flexibility index (Phi) is 3.04. The monoisotopic (exact) mass is 147 g/mol. The van der Waals surface area contributed by atoms with Gasteiger partial charge in [-0.05, 0) is 0 Å². The van der Waals surface area contributed by atoms with Crippen LogP contribution in [0.3, 0.4) is 0 Å². The number of carbonyl (C=O) groups is 1. The first-order valence-electron chi connectivity index (χ1n) is 2.66. The van der Waals surface area contributed by atoms with Gasteiger partial charge in [-0.1, -0.05) is 20.8 Å². The summed E-state index contributed by atoms with van der Waals surface area (Å²) in [6, 6.07) is 0. The molecule has 0 fully saturated rings. The average molecular weight is 147 g/mol. The first-order valence-corrected chi connectivity index (χ1v) is 3.54. The third-order valence-corrected chi connectivity index (χ3v) is 1.54. The maximum Gasteiger partial charge on any atom is 0.318 e. The Morgan fingerprint density at radius 3 is 2.11 bits per heavy atom. The van der Waals surface area contributed by atoms with Gasteiger partial charge in [0, 0.05) is 4.75 Å². The van der Waals surface area contributed by atoms with Gasteiger partial charge in [0.15, 0.2) is 0 Å². The molecule has 0 aliphatic rings. The van der Waals surface area contributed by atoms with Gasteiger partial charge >= 0.3 is 5.97 Å². The van der Waals surface area contributed by atoms with Crippen molar-refractivity contribution in [1.82, 2.24) is 0 Å². The Morgan fingerprint density at radius 2 is 2.00 bits per heavy atom. The van der Waals surface area contributed by atoms with Crippen molar-refractivity contribution in [3.63, 3.8) is 0 Å². The van der Waals surface area contributed by atoms with Crippen molar-refractivity contribution in [3.8, 4) is 0 Å². The van der Waals surface area contributed by atoms with E-state index in [1.54, 1.807) is 0 Å². The zero-order chi connectivity index (χ0) is 7.49. The quantitative estimate of drug-likeness (QED) is 0.646. The third kappa shape index (κ3) is 7.82. The van der Waals surface area contributed by atoms with Gasteiger partial charge < -0.3 is 5.11 Å². The number of hydrogen-bond donors (Lipinski definition) is 1. The number of hydrogen-bond acceptors (Lipinski definition) is 2. The molecule has 2 nitrogen and oxygen atoms in total. The molecule has 0 aromatic heterocycles. The number of rotatable bonds is 2. The molecule has 0 amide bonds. The Labute approximate surface area is 59.6 Å². The minimum atomic E-state index is -0.866. The molecule has 0 aromatic carbocycles. The first-order chi connectivity index (χ1) is 3.92. The predicted octanol–water partition coefficient (Wildman–Crippen LogP) is 1.76. The van der Waals surface area contributed by atoms with Crippen molar-refractivity contribution in [2.75, 3.05) is 0 Å². The maximum atomic E-state index is 9.97. The molecule has 0 bridgehead atoms. The van der Waals surface area contributed by atoms with E-state index in [9.17, 15) is 4.79 Å². The van der Waals surface area contributed by atoms with E-state index in [-0.39, 0.29) is 4.75 Å². The minimum Gasteiger partial charge on any atom is -0.480 e. The van der Waals surface area contributed by atoms with Gasteiger partial charge in [0.05, 0.1) is 0 Å². The highest BCUT2D eigenvalue weighted by molar-refractivity contribution is 8.03. The fourth-order valence-electron chi connectivity index (χ4n) is 0.227. The van der Waals surface area contributed by atoms with E-state index in [2.05, 4.69) is 0 Å². The summed E-state index contributed by atoms with van der Waals surface area (Å²) < 4.78 is 0.0123. The molecule has 0 aliphatic heterocycles. The van der Waals surface area contributed by atoms with E-state index in [4.69, 9.17) is 5.11 Å². The highest BCUT2D eigenvalue weighted by Gasteiger charge is 2.12. The van der Waals surface area contributed by atoms with Crippen LogP contribution in [0.1, 0.15) is 20.8 Å². The summed E-state index contributed by atoms with van der Waals surface area (Å²) in [5.41, 5.74) is 0. The summed E-state index contributed by atoms with van der Waals surface area (Å²) in [6.45, 7) is 5.91. The Morgan fingerprint density at radius 1 is 1.56 bits per heavy atom. The average Bonchev–Trinajstić information content (AvgIpc) is 1.59. The molecule has 0 saturated carbocycles. The molecule has 0 atom stereocenters. The molecule has 3 heteroatoms. The normalized spacial score (nSPS) is 11.4. The van der Waals surface area contributed by atoms with Crippen molar-refractivity contribution in [2.24, 2.45) is 0 Å². The Balaban J connectivity index is 3.39. The lowest BCUT2D eigenvalue weighted by Crippen LogP contribution is -2.08. The number of carboxylic acids is 1. The van der Waals surface area contributed by atoms with Gasteiger partial charge in [0.2, 0.25) is 0 Å². The van der Waals surface area contributed by atoms with Crippen molar-refractivity contribution in [1.29, 1.82) is 0 Å². The Bertz CT molecular complexity index is 104. The smallest absolute Gasteiger partial charge is 0.318 e. The van der Waals surface area contributed by atoms with Gasteiger partial charge in [-0.2, -0.15) is 0 Å². The van der Waals surface area contributed by atoms with Crippen LogP contribution in [0, 0.1) is 5.75 Å². The standard InChI is InChI=1S/C6H11O2S/c1-6(2,3)9-4-5(7)8/h4H,1-3H3,(H,7,8). The highest BCUT2D eigenvalue weighted by Crippen LogP contribution is 2.25. The second kappa shape index (κ2) is 3.11. The summed E-state index contributed by atoms with van der Waals surface area (Å²) in [4.78, 5) is 9.97. The molecule has 0 aromatic rings. The van der Waals surface area contributed by atoms with Gasteiger partial charge in [0.1, 0.15) is 5.75 Å². The molecule has 0 heterocycles. The molecule has 0 unspecified atom stereocenters. The largest absolute Gasteiger partial charge is 0.480 e. The predicted molar refractivity (Wildman–Crippen MR) is 39.3 cm³/mol. The molecular weight excluding hydrogens is 136 g/mol. The maximum absolute atomic E-state index is 9.97. The zero-order valence-corrected chi connectivity index (χ0v) is 6.66. The van der Waals surface area contributed by atoms with Crippen LogP contribution >= 0.6 is 11.8 Å². The molecule has 0 aliphatic carbocycles.